The van der Waals surface area contributed by atoms with Crippen molar-refractivity contribution in [2.45, 2.75) is 13.3 Å². The van der Waals surface area contributed by atoms with Crippen LogP contribution in [0, 0.1) is 11.8 Å². The molecule has 2 aromatic rings. The number of anilines is 1. The molecule has 0 radical (unpaired) electrons. The molecule has 84 valence electrons. The third-order valence-corrected chi connectivity index (χ3v) is 3.53. The van der Waals surface area contributed by atoms with Crippen LogP contribution in [0.15, 0.2) is 23.2 Å². The van der Waals surface area contributed by atoms with E-state index in [-0.39, 0.29) is 0 Å². The minimum absolute atomic E-state index is 0.802. The highest BCUT2D eigenvalue weighted by atomic mass is 79.9. The Balaban J connectivity index is 1.86. The predicted molar refractivity (Wildman–Crippen MR) is 66.4 cm³/mol. The first-order valence-corrected chi connectivity index (χ1v) is 6.26. The standard InChI is InChI=1S/C11H13BrN4/c1-7-4-8(7)5-14-10-11-13-2-3-16(11)6-9(12)15-10/h2-3,6-8H,4-5H2,1H3,(H,14,15). The highest BCUT2D eigenvalue weighted by Crippen LogP contribution is 2.37. The first kappa shape index (κ1) is 10.1. The van der Waals surface area contributed by atoms with Gasteiger partial charge in [-0.3, -0.25) is 0 Å². The normalized spacial score (nSPS) is 23.6. The van der Waals surface area contributed by atoms with Crippen LogP contribution < -0.4 is 5.32 Å². The molecule has 2 heterocycles. The van der Waals surface area contributed by atoms with Crippen LogP contribution in [0.3, 0.4) is 0 Å². The largest absolute Gasteiger partial charge is 0.367 e. The summed E-state index contributed by atoms with van der Waals surface area (Å²) in [5.74, 6) is 2.52. The number of fused-ring (bicyclic) bond motifs is 1. The molecule has 2 aromatic heterocycles. The molecule has 5 heteroatoms. The smallest absolute Gasteiger partial charge is 0.180 e. The van der Waals surface area contributed by atoms with Gasteiger partial charge in [0.25, 0.3) is 0 Å². The van der Waals surface area contributed by atoms with Gasteiger partial charge in [0, 0.05) is 25.1 Å². The molecular formula is C11H13BrN4. The van der Waals surface area contributed by atoms with Gasteiger partial charge < -0.3 is 9.72 Å². The molecule has 1 fully saturated rings. The second-order valence-electron chi connectivity index (χ2n) is 4.42. The number of hydrogen-bond acceptors (Lipinski definition) is 3. The van der Waals surface area contributed by atoms with E-state index in [0.29, 0.717) is 0 Å². The topological polar surface area (TPSA) is 42.2 Å². The zero-order valence-corrected chi connectivity index (χ0v) is 10.6. The summed E-state index contributed by atoms with van der Waals surface area (Å²) in [6, 6.07) is 0. The summed E-state index contributed by atoms with van der Waals surface area (Å²) in [4.78, 5) is 8.71. The minimum atomic E-state index is 0.802. The Morgan fingerprint density at radius 3 is 3.19 bits per heavy atom. The lowest BCUT2D eigenvalue weighted by Gasteiger charge is -2.06. The first-order chi connectivity index (χ1) is 7.74. The molecule has 0 aliphatic heterocycles. The summed E-state index contributed by atoms with van der Waals surface area (Å²) in [6.45, 7) is 3.28. The number of nitrogens with zero attached hydrogens (tertiary/aromatic N) is 3. The number of halogens is 1. The van der Waals surface area contributed by atoms with Crippen molar-refractivity contribution >= 4 is 27.4 Å². The molecule has 2 unspecified atom stereocenters. The molecule has 0 spiro atoms. The van der Waals surface area contributed by atoms with Crippen molar-refractivity contribution in [3.8, 4) is 0 Å². The van der Waals surface area contributed by atoms with Gasteiger partial charge in [0.1, 0.15) is 4.60 Å². The summed E-state index contributed by atoms with van der Waals surface area (Å²) in [5.41, 5.74) is 0.886. The molecule has 2 atom stereocenters. The quantitative estimate of drug-likeness (QED) is 0.940. The van der Waals surface area contributed by atoms with E-state index in [1.54, 1.807) is 6.20 Å². The summed E-state index contributed by atoms with van der Waals surface area (Å²) in [7, 11) is 0. The van der Waals surface area contributed by atoms with Crippen molar-refractivity contribution < 1.29 is 0 Å². The maximum atomic E-state index is 4.42. The second kappa shape index (κ2) is 3.73. The summed E-state index contributed by atoms with van der Waals surface area (Å²) in [5, 5.41) is 3.38. The van der Waals surface area contributed by atoms with Crippen LogP contribution in [-0.2, 0) is 0 Å². The van der Waals surface area contributed by atoms with Crippen molar-refractivity contribution in [2.75, 3.05) is 11.9 Å². The van der Waals surface area contributed by atoms with E-state index < -0.39 is 0 Å². The minimum Gasteiger partial charge on any atom is -0.367 e. The maximum absolute atomic E-state index is 4.42. The number of rotatable bonds is 3. The molecule has 0 bridgehead atoms. The zero-order chi connectivity index (χ0) is 11.1. The van der Waals surface area contributed by atoms with Crippen LogP contribution in [0.25, 0.3) is 5.65 Å². The average Bonchev–Trinajstić information content (AvgIpc) is 2.76. The molecule has 16 heavy (non-hydrogen) atoms. The van der Waals surface area contributed by atoms with Gasteiger partial charge in [0.05, 0.1) is 0 Å². The average molecular weight is 281 g/mol. The molecule has 1 aliphatic carbocycles. The lowest BCUT2D eigenvalue weighted by Crippen LogP contribution is -2.08. The van der Waals surface area contributed by atoms with Crippen LogP contribution in [-0.4, -0.2) is 20.9 Å². The molecule has 0 aromatic carbocycles. The molecule has 1 N–H and O–H groups in total. The van der Waals surface area contributed by atoms with E-state index in [9.17, 15) is 0 Å². The Labute approximate surface area is 102 Å². The third kappa shape index (κ3) is 1.80. The van der Waals surface area contributed by atoms with E-state index in [2.05, 4.69) is 38.1 Å². The van der Waals surface area contributed by atoms with E-state index in [4.69, 9.17) is 0 Å². The van der Waals surface area contributed by atoms with Crippen molar-refractivity contribution in [1.29, 1.82) is 0 Å². The molecule has 0 amide bonds. The second-order valence-corrected chi connectivity index (χ2v) is 5.24. The highest BCUT2D eigenvalue weighted by molar-refractivity contribution is 9.10. The van der Waals surface area contributed by atoms with Crippen LogP contribution in [0.1, 0.15) is 13.3 Å². The van der Waals surface area contributed by atoms with Crippen LogP contribution >= 0.6 is 15.9 Å². The Bertz CT molecular complexity index is 522. The molecule has 1 saturated carbocycles. The zero-order valence-electron chi connectivity index (χ0n) is 9.02. The Hall–Kier alpha value is -1.10. The fourth-order valence-corrected chi connectivity index (χ4v) is 2.33. The Morgan fingerprint density at radius 1 is 1.62 bits per heavy atom. The Morgan fingerprint density at radius 2 is 2.44 bits per heavy atom. The Kier molecular flexibility index (Phi) is 2.35. The van der Waals surface area contributed by atoms with Crippen molar-refractivity contribution in [3.05, 3.63) is 23.2 Å². The predicted octanol–water partition coefficient (Wildman–Crippen LogP) is 2.56. The number of hydrogen-bond donors (Lipinski definition) is 1. The van der Waals surface area contributed by atoms with E-state index >= 15 is 0 Å². The maximum Gasteiger partial charge on any atom is 0.180 e. The van der Waals surface area contributed by atoms with E-state index in [0.717, 1.165) is 34.4 Å². The van der Waals surface area contributed by atoms with Crippen molar-refractivity contribution in [1.82, 2.24) is 14.4 Å². The highest BCUT2D eigenvalue weighted by Gasteiger charge is 2.32. The fraction of sp³-hybridized carbons (Fsp3) is 0.455. The van der Waals surface area contributed by atoms with Crippen molar-refractivity contribution in [3.63, 3.8) is 0 Å². The van der Waals surface area contributed by atoms with Gasteiger partial charge in [-0.15, -0.1) is 0 Å². The lowest BCUT2D eigenvalue weighted by molar-refractivity contribution is 0.784. The van der Waals surface area contributed by atoms with Gasteiger partial charge in [0.15, 0.2) is 11.5 Å². The van der Waals surface area contributed by atoms with Gasteiger partial charge in [-0.05, 0) is 34.2 Å². The van der Waals surface area contributed by atoms with Gasteiger partial charge in [-0.1, -0.05) is 6.92 Å². The molecule has 0 saturated heterocycles. The molecule has 3 rings (SSSR count). The number of aromatic nitrogens is 3. The third-order valence-electron chi connectivity index (χ3n) is 3.15. The summed E-state index contributed by atoms with van der Waals surface area (Å²) >= 11 is 3.40. The number of imidazole rings is 1. The van der Waals surface area contributed by atoms with Crippen LogP contribution in [0.4, 0.5) is 5.82 Å². The fourth-order valence-electron chi connectivity index (χ4n) is 1.93. The SMILES string of the molecule is CC1CC1CNc1nc(Br)cn2ccnc12. The molecule has 1 aliphatic rings. The van der Waals surface area contributed by atoms with E-state index in [1.165, 1.54) is 6.42 Å². The van der Waals surface area contributed by atoms with Crippen LogP contribution in [0.2, 0.25) is 0 Å². The number of nitrogens with one attached hydrogen (secondary N) is 1. The van der Waals surface area contributed by atoms with Gasteiger partial charge in [0.2, 0.25) is 0 Å². The van der Waals surface area contributed by atoms with Gasteiger partial charge in [-0.25, -0.2) is 9.97 Å². The first-order valence-electron chi connectivity index (χ1n) is 5.47. The lowest BCUT2D eigenvalue weighted by atomic mass is 10.3. The summed E-state index contributed by atoms with van der Waals surface area (Å²) < 4.78 is 2.79. The monoisotopic (exact) mass is 280 g/mol. The molecular weight excluding hydrogens is 268 g/mol. The van der Waals surface area contributed by atoms with Crippen LogP contribution in [0.5, 0.6) is 0 Å². The van der Waals surface area contributed by atoms with E-state index in [1.807, 2.05) is 16.8 Å². The molecule has 4 nitrogen and oxygen atoms in total. The van der Waals surface area contributed by atoms with Crippen molar-refractivity contribution in [2.24, 2.45) is 11.8 Å². The van der Waals surface area contributed by atoms with Gasteiger partial charge in [-0.2, -0.15) is 0 Å². The van der Waals surface area contributed by atoms with Gasteiger partial charge >= 0.3 is 0 Å². The summed E-state index contributed by atoms with van der Waals surface area (Å²) in [6.07, 6.45) is 6.94.